The number of benzene rings is 1. The van der Waals surface area contributed by atoms with Crippen LogP contribution in [0.4, 0.5) is 0 Å². The second kappa shape index (κ2) is 9.80. The molecule has 0 bridgehead atoms. The van der Waals surface area contributed by atoms with Crippen LogP contribution in [0.15, 0.2) is 47.6 Å². The van der Waals surface area contributed by atoms with Crippen LogP contribution >= 0.6 is 0 Å². The van der Waals surface area contributed by atoms with Gasteiger partial charge in [0.2, 0.25) is 15.9 Å². The average molecular weight is 473 g/mol. The lowest BCUT2D eigenvalue weighted by molar-refractivity contribution is -0.132. The van der Waals surface area contributed by atoms with Crippen LogP contribution in [-0.2, 0) is 14.8 Å². The summed E-state index contributed by atoms with van der Waals surface area (Å²) in [5.41, 5.74) is 2.13. The molecule has 33 heavy (non-hydrogen) atoms. The number of amides is 1. The molecule has 1 saturated heterocycles. The second-order valence-corrected chi connectivity index (χ2v) is 9.73. The van der Waals surface area contributed by atoms with E-state index < -0.39 is 10.0 Å². The van der Waals surface area contributed by atoms with Gasteiger partial charge >= 0.3 is 0 Å². The molecule has 176 valence electrons. The predicted molar refractivity (Wildman–Crippen MR) is 124 cm³/mol. The van der Waals surface area contributed by atoms with Crippen molar-refractivity contribution in [2.24, 2.45) is 0 Å². The van der Waals surface area contributed by atoms with E-state index in [-0.39, 0.29) is 23.8 Å². The number of carbonyl (C=O) groups excluding carboxylic acids is 1. The van der Waals surface area contributed by atoms with Crippen LogP contribution < -0.4 is 14.2 Å². The molecule has 0 radical (unpaired) electrons. The third-order valence-corrected chi connectivity index (χ3v) is 7.53. The largest absolute Gasteiger partial charge is 0.493 e. The van der Waals surface area contributed by atoms with Crippen molar-refractivity contribution in [2.45, 2.75) is 30.1 Å². The summed E-state index contributed by atoms with van der Waals surface area (Å²) in [7, 11) is -0.843. The molecule has 10 heteroatoms. The normalized spacial score (nSPS) is 15.0. The molecule has 0 spiro atoms. The number of ether oxygens (including phenoxy) is 2. The number of aromatic nitrogens is 2. The molecule has 0 aliphatic carbocycles. The number of H-pyrrole nitrogens is 1. The maximum atomic E-state index is 12.6. The quantitative estimate of drug-likeness (QED) is 0.521. The van der Waals surface area contributed by atoms with E-state index in [2.05, 4.69) is 20.8 Å². The summed E-state index contributed by atoms with van der Waals surface area (Å²) in [5.74, 6) is 1.09. The molecule has 3 aromatic rings. The maximum absolute atomic E-state index is 12.6. The Morgan fingerprint density at radius 3 is 2.67 bits per heavy atom. The van der Waals surface area contributed by atoms with Gasteiger partial charge in [-0.25, -0.2) is 18.1 Å². The average Bonchev–Trinajstić information content (AvgIpc) is 3.27. The topological polar surface area (TPSA) is 114 Å². The van der Waals surface area contributed by atoms with Crippen LogP contribution in [-0.4, -0.2) is 63.0 Å². The first kappa shape index (κ1) is 23.1. The van der Waals surface area contributed by atoms with E-state index in [0.717, 1.165) is 23.9 Å². The highest BCUT2D eigenvalue weighted by Crippen LogP contribution is 2.33. The van der Waals surface area contributed by atoms with Crippen molar-refractivity contribution in [1.29, 1.82) is 0 Å². The maximum Gasteiger partial charge on any atom is 0.240 e. The number of hydrogen-bond acceptors (Lipinski definition) is 6. The van der Waals surface area contributed by atoms with Crippen LogP contribution in [0.5, 0.6) is 11.5 Å². The summed E-state index contributed by atoms with van der Waals surface area (Å²) in [6.45, 7) is 1.33. The van der Waals surface area contributed by atoms with E-state index in [1.165, 1.54) is 38.0 Å². The molecule has 2 N–H and O–H groups in total. The summed E-state index contributed by atoms with van der Waals surface area (Å²) < 4.78 is 38.0. The Labute approximate surface area is 193 Å². The third kappa shape index (κ3) is 4.96. The Bertz CT molecular complexity index is 1230. The lowest BCUT2D eigenvalue weighted by Gasteiger charge is -2.32. The van der Waals surface area contributed by atoms with E-state index in [9.17, 15) is 13.2 Å². The summed E-state index contributed by atoms with van der Waals surface area (Å²) in [4.78, 5) is 22.1. The minimum absolute atomic E-state index is 0.0313. The number of pyridine rings is 1. The molecular formula is C23H28N4O5S. The molecule has 0 unspecified atom stereocenters. The molecule has 1 aliphatic rings. The van der Waals surface area contributed by atoms with Gasteiger partial charge in [-0.15, -0.1) is 0 Å². The van der Waals surface area contributed by atoms with Crippen LogP contribution in [0.2, 0.25) is 0 Å². The molecule has 1 amide bonds. The lowest BCUT2D eigenvalue weighted by atomic mass is 9.89. The highest BCUT2D eigenvalue weighted by molar-refractivity contribution is 7.89. The van der Waals surface area contributed by atoms with Crippen molar-refractivity contribution in [3.8, 4) is 11.5 Å². The number of carbonyl (C=O) groups is 1. The minimum atomic E-state index is -3.77. The summed E-state index contributed by atoms with van der Waals surface area (Å²) in [6, 6.07) is 8.37. The first-order chi connectivity index (χ1) is 15.9. The van der Waals surface area contributed by atoms with Gasteiger partial charge in [-0.3, -0.25) is 4.79 Å². The van der Waals surface area contributed by atoms with E-state index in [1.54, 1.807) is 6.20 Å². The zero-order chi connectivity index (χ0) is 23.4. The molecule has 0 atom stereocenters. The zero-order valence-corrected chi connectivity index (χ0v) is 19.5. The fourth-order valence-electron chi connectivity index (χ4n) is 4.27. The van der Waals surface area contributed by atoms with Crippen molar-refractivity contribution in [1.82, 2.24) is 19.6 Å². The number of piperidine rings is 1. The third-order valence-electron chi connectivity index (χ3n) is 6.07. The Hall–Kier alpha value is -3.11. The fraction of sp³-hybridized carbons (Fsp3) is 0.391. The fourth-order valence-corrected chi connectivity index (χ4v) is 5.32. The van der Waals surface area contributed by atoms with E-state index in [4.69, 9.17) is 9.47 Å². The first-order valence-electron chi connectivity index (χ1n) is 10.8. The number of sulfonamides is 1. The summed E-state index contributed by atoms with van der Waals surface area (Å²) in [5, 5.41) is 1.13. The summed E-state index contributed by atoms with van der Waals surface area (Å²) in [6.07, 6.45) is 5.62. The van der Waals surface area contributed by atoms with Crippen molar-refractivity contribution >= 4 is 27.0 Å². The Balaban J connectivity index is 1.29. The van der Waals surface area contributed by atoms with Gasteiger partial charge in [0, 0.05) is 49.9 Å². The molecule has 9 nitrogen and oxygen atoms in total. The van der Waals surface area contributed by atoms with Gasteiger partial charge in [0.1, 0.15) is 5.65 Å². The van der Waals surface area contributed by atoms with Crippen molar-refractivity contribution in [3.63, 3.8) is 0 Å². The summed E-state index contributed by atoms with van der Waals surface area (Å²) >= 11 is 0. The lowest BCUT2D eigenvalue weighted by Crippen LogP contribution is -2.39. The molecular weight excluding hydrogens is 444 g/mol. The van der Waals surface area contributed by atoms with E-state index in [1.807, 2.05) is 17.2 Å². The smallest absolute Gasteiger partial charge is 0.240 e. The molecule has 1 aliphatic heterocycles. The number of nitrogens with one attached hydrogen (secondary N) is 2. The Kier molecular flexibility index (Phi) is 6.85. The zero-order valence-electron chi connectivity index (χ0n) is 18.7. The van der Waals surface area contributed by atoms with Crippen molar-refractivity contribution < 1.29 is 22.7 Å². The van der Waals surface area contributed by atoms with Crippen LogP contribution in [0, 0.1) is 0 Å². The molecule has 3 heterocycles. The Morgan fingerprint density at radius 1 is 1.18 bits per heavy atom. The highest BCUT2D eigenvalue weighted by atomic mass is 32.2. The first-order valence-corrected chi connectivity index (χ1v) is 12.3. The standard InChI is InChI=1S/C23H28N4O5S/c1-31-20-6-5-17(14-21(20)32-2)33(29,30)26-11-7-22(28)27-12-8-16(9-13-27)19-15-25-23-18(19)4-3-10-24-23/h3-6,10,14-16,26H,7-9,11-13H2,1-2H3,(H,24,25). The van der Waals surface area contributed by atoms with Crippen LogP contribution in [0.25, 0.3) is 11.0 Å². The van der Waals surface area contributed by atoms with Gasteiger partial charge in [0.25, 0.3) is 0 Å². The number of likely N-dealkylation sites (tertiary alicyclic amines) is 1. The molecule has 0 saturated carbocycles. The number of fused-ring (bicyclic) bond motifs is 1. The van der Waals surface area contributed by atoms with E-state index >= 15 is 0 Å². The van der Waals surface area contributed by atoms with Gasteiger partial charge in [-0.2, -0.15) is 0 Å². The second-order valence-electron chi connectivity index (χ2n) is 7.96. The molecule has 2 aromatic heterocycles. The van der Waals surface area contributed by atoms with Gasteiger partial charge in [0.15, 0.2) is 11.5 Å². The van der Waals surface area contributed by atoms with E-state index in [0.29, 0.717) is 30.5 Å². The number of rotatable bonds is 8. The number of nitrogens with zero attached hydrogens (tertiary/aromatic N) is 2. The van der Waals surface area contributed by atoms with Gasteiger partial charge in [-0.05, 0) is 48.6 Å². The minimum Gasteiger partial charge on any atom is -0.493 e. The van der Waals surface area contributed by atoms with Crippen LogP contribution in [0.1, 0.15) is 30.7 Å². The number of methoxy groups -OCH3 is 2. The monoisotopic (exact) mass is 472 g/mol. The molecule has 1 fully saturated rings. The van der Waals surface area contributed by atoms with Crippen molar-refractivity contribution in [2.75, 3.05) is 33.9 Å². The highest BCUT2D eigenvalue weighted by Gasteiger charge is 2.26. The Morgan fingerprint density at radius 2 is 1.94 bits per heavy atom. The predicted octanol–water partition coefficient (Wildman–Crippen LogP) is 2.65. The SMILES string of the molecule is COc1ccc(S(=O)(=O)NCCC(=O)N2CCC(c3c[nH]c4ncccc34)CC2)cc1OC. The van der Waals surface area contributed by atoms with Crippen LogP contribution in [0.3, 0.4) is 0 Å². The van der Waals surface area contributed by atoms with Gasteiger partial charge < -0.3 is 19.4 Å². The number of aromatic amines is 1. The van der Waals surface area contributed by atoms with Gasteiger partial charge in [0.05, 0.1) is 19.1 Å². The molecule has 4 rings (SSSR count). The number of hydrogen-bond donors (Lipinski definition) is 2. The van der Waals surface area contributed by atoms with Crippen molar-refractivity contribution in [3.05, 3.63) is 48.3 Å². The molecule has 1 aromatic carbocycles. The van der Waals surface area contributed by atoms with Gasteiger partial charge in [-0.1, -0.05) is 0 Å².